The van der Waals surface area contributed by atoms with Gasteiger partial charge >= 0.3 is 0 Å². The lowest BCUT2D eigenvalue weighted by molar-refractivity contribution is -0.117. The normalized spacial score (nSPS) is 24.5. The lowest BCUT2D eigenvalue weighted by Crippen LogP contribution is -2.37. The predicted octanol–water partition coefficient (Wildman–Crippen LogP) is 3.23. The van der Waals surface area contributed by atoms with Gasteiger partial charge in [0.2, 0.25) is 5.91 Å². The molecule has 0 saturated carbocycles. The number of amides is 1. The van der Waals surface area contributed by atoms with Gasteiger partial charge < -0.3 is 4.90 Å². The molecule has 2 saturated heterocycles. The quantitative estimate of drug-likeness (QED) is 0.768. The number of aryl methyl sites for hydroxylation is 2. The van der Waals surface area contributed by atoms with Crippen LogP contribution >= 0.6 is 11.8 Å². The summed E-state index contributed by atoms with van der Waals surface area (Å²) in [5.74, 6) is 0.0735. The molecule has 2 heterocycles. The van der Waals surface area contributed by atoms with Gasteiger partial charge in [0.25, 0.3) is 0 Å². The molecule has 2 aliphatic heterocycles. The first-order valence-electron chi connectivity index (χ1n) is 9.30. The van der Waals surface area contributed by atoms with Crippen LogP contribution in [0.3, 0.4) is 0 Å². The third-order valence-electron chi connectivity index (χ3n) is 5.04. The van der Waals surface area contributed by atoms with E-state index >= 15 is 0 Å². The Bertz CT molecular complexity index is 1020. The number of rotatable bonds is 4. The van der Waals surface area contributed by atoms with Crippen LogP contribution in [0.25, 0.3) is 0 Å². The summed E-state index contributed by atoms with van der Waals surface area (Å²) in [7, 11) is -3.06. The second-order valence-corrected chi connectivity index (χ2v) is 10.6. The van der Waals surface area contributed by atoms with Gasteiger partial charge in [-0.25, -0.2) is 8.42 Å². The first-order chi connectivity index (χ1) is 13.4. The highest BCUT2D eigenvalue weighted by Gasteiger charge is 2.49. The van der Waals surface area contributed by atoms with Crippen molar-refractivity contribution < 1.29 is 13.2 Å². The van der Waals surface area contributed by atoms with Crippen molar-refractivity contribution in [3.05, 3.63) is 65.7 Å². The van der Waals surface area contributed by atoms with E-state index in [-0.39, 0.29) is 28.7 Å². The number of thioether (sulfide) groups is 1. The maximum Gasteiger partial charge on any atom is 0.248 e. The maximum atomic E-state index is 12.5. The Morgan fingerprint density at radius 2 is 1.93 bits per heavy atom. The molecule has 0 aromatic heterocycles. The van der Waals surface area contributed by atoms with Crippen molar-refractivity contribution in [3.63, 3.8) is 0 Å². The third kappa shape index (κ3) is 4.15. The van der Waals surface area contributed by atoms with E-state index in [0.717, 1.165) is 16.8 Å². The van der Waals surface area contributed by atoms with E-state index in [1.54, 1.807) is 0 Å². The molecule has 2 aromatic rings. The summed E-state index contributed by atoms with van der Waals surface area (Å²) in [5, 5.41) is 0.541. The number of nitrogens with zero attached hydrogens (tertiary/aromatic N) is 2. The summed E-state index contributed by atoms with van der Waals surface area (Å²) in [4.78, 5) is 18.8. The van der Waals surface area contributed by atoms with Gasteiger partial charge in [-0.3, -0.25) is 4.79 Å². The lowest BCUT2D eigenvalue weighted by atomic mass is 10.1. The molecule has 146 valence electrons. The van der Waals surface area contributed by atoms with Gasteiger partial charge in [0.05, 0.1) is 17.5 Å². The monoisotopic (exact) mass is 414 g/mol. The lowest BCUT2D eigenvalue weighted by Gasteiger charge is -2.24. The van der Waals surface area contributed by atoms with Gasteiger partial charge in [0, 0.05) is 17.4 Å². The number of aliphatic imine (C=N–C) groups is 1. The fourth-order valence-corrected chi connectivity index (χ4v) is 7.63. The third-order valence-corrected chi connectivity index (χ3v) is 8.25. The number of anilines is 1. The second-order valence-electron chi connectivity index (χ2n) is 7.28. The minimum atomic E-state index is -3.06. The molecule has 2 atom stereocenters. The van der Waals surface area contributed by atoms with E-state index in [4.69, 9.17) is 0 Å². The summed E-state index contributed by atoms with van der Waals surface area (Å²) in [6, 6.07) is 17.6. The topological polar surface area (TPSA) is 66.8 Å². The number of benzene rings is 2. The first kappa shape index (κ1) is 19.2. The van der Waals surface area contributed by atoms with Crippen LogP contribution in [0.1, 0.15) is 17.5 Å². The highest BCUT2D eigenvalue weighted by molar-refractivity contribution is 8.16. The van der Waals surface area contributed by atoms with Gasteiger partial charge in [0.15, 0.2) is 15.0 Å². The van der Waals surface area contributed by atoms with Gasteiger partial charge in [0.1, 0.15) is 0 Å². The summed E-state index contributed by atoms with van der Waals surface area (Å²) in [6.07, 6.45) is 0.982. The van der Waals surface area contributed by atoms with Crippen molar-refractivity contribution in [3.8, 4) is 0 Å². The van der Waals surface area contributed by atoms with Gasteiger partial charge in [-0.15, -0.1) is 0 Å². The van der Waals surface area contributed by atoms with Crippen LogP contribution in [0, 0.1) is 6.92 Å². The summed E-state index contributed by atoms with van der Waals surface area (Å²) in [6.45, 7) is 2.00. The van der Waals surface area contributed by atoms with E-state index in [2.05, 4.69) is 4.99 Å². The average Bonchev–Trinajstić information content (AvgIpc) is 3.11. The van der Waals surface area contributed by atoms with E-state index < -0.39 is 9.84 Å². The van der Waals surface area contributed by atoms with Crippen LogP contribution in [0.4, 0.5) is 5.69 Å². The highest BCUT2D eigenvalue weighted by atomic mass is 32.2. The van der Waals surface area contributed by atoms with Crippen molar-refractivity contribution >= 4 is 38.4 Å². The zero-order valence-corrected chi connectivity index (χ0v) is 17.2. The molecule has 2 aliphatic rings. The minimum Gasteiger partial charge on any atom is -0.316 e. The SMILES string of the molecule is Cc1cccc(N2C(=NC(=O)CCc3ccccc3)S[C@@H]3CS(=O)(=O)C[C@@H]32)c1. The van der Waals surface area contributed by atoms with Crippen LogP contribution < -0.4 is 4.90 Å². The molecule has 2 fully saturated rings. The Morgan fingerprint density at radius 1 is 1.14 bits per heavy atom. The number of hydrogen-bond donors (Lipinski definition) is 0. The number of carbonyl (C=O) groups excluding carboxylic acids is 1. The minimum absolute atomic E-state index is 0.0776. The molecule has 0 radical (unpaired) electrons. The van der Waals surface area contributed by atoms with Crippen LogP contribution in [0.5, 0.6) is 0 Å². The van der Waals surface area contributed by atoms with Crippen LogP contribution in [0.15, 0.2) is 59.6 Å². The molecule has 7 heteroatoms. The van der Waals surface area contributed by atoms with E-state index in [1.165, 1.54) is 11.8 Å². The van der Waals surface area contributed by atoms with Gasteiger partial charge in [-0.1, -0.05) is 54.2 Å². The second kappa shape index (κ2) is 7.72. The number of sulfone groups is 1. The Balaban J connectivity index is 1.58. The Morgan fingerprint density at radius 3 is 2.68 bits per heavy atom. The summed E-state index contributed by atoms with van der Waals surface area (Å²) in [5.41, 5.74) is 3.09. The molecule has 0 aliphatic carbocycles. The van der Waals surface area contributed by atoms with Crippen LogP contribution in [0.2, 0.25) is 0 Å². The fraction of sp³-hybridized carbons (Fsp3) is 0.333. The molecule has 5 nitrogen and oxygen atoms in total. The first-order valence-corrected chi connectivity index (χ1v) is 12.0. The molecule has 4 rings (SSSR count). The van der Waals surface area contributed by atoms with E-state index in [0.29, 0.717) is 18.0 Å². The molecule has 0 N–H and O–H groups in total. The van der Waals surface area contributed by atoms with Crippen molar-refractivity contribution in [1.29, 1.82) is 0 Å². The largest absolute Gasteiger partial charge is 0.316 e. The van der Waals surface area contributed by atoms with Crippen molar-refractivity contribution in [2.75, 3.05) is 16.4 Å². The number of amidine groups is 1. The predicted molar refractivity (Wildman–Crippen MR) is 115 cm³/mol. The Hall–Kier alpha value is -2.12. The zero-order valence-electron chi connectivity index (χ0n) is 15.6. The molecule has 0 spiro atoms. The maximum absolute atomic E-state index is 12.5. The average molecular weight is 415 g/mol. The molecular weight excluding hydrogens is 392 g/mol. The van der Waals surface area contributed by atoms with E-state index in [1.807, 2.05) is 66.4 Å². The molecule has 28 heavy (non-hydrogen) atoms. The molecule has 0 bridgehead atoms. The van der Waals surface area contributed by atoms with Gasteiger partial charge in [-0.05, 0) is 36.6 Å². The number of hydrogen-bond acceptors (Lipinski definition) is 4. The van der Waals surface area contributed by atoms with Crippen LogP contribution in [-0.4, -0.2) is 42.3 Å². The van der Waals surface area contributed by atoms with Gasteiger partial charge in [-0.2, -0.15) is 4.99 Å². The molecule has 2 aromatic carbocycles. The van der Waals surface area contributed by atoms with Crippen molar-refractivity contribution in [2.45, 2.75) is 31.1 Å². The molecule has 0 unspecified atom stereocenters. The smallest absolute Gasteiger partial charge is 0.248 e. The summed E-state index contributed by atoms with van der Waals surface area (Å²) < 4.78 is 24.3. The number of fused-ring (bicyclic) bond motifs is 1. The summed E-state index contributed by atoms with van der Waals surface area (Å²) >= 11 is 1.42. The molecule has 1 amide bonds. The Labute approximate surface area is 169 Å². The van der Waals surface area contributed by atoms with Crippen molar-refractivity contribution in [2.24, 2.45) is 4.99 Å². The van der Waals surface area contributed by atoms with E-state index in [9.17, 15) is 13.2 Å². The Kier molecular flexibility index (Phi) is 5.29. The number of carbonyl (C=O) groups is 1. The fourth-order valence-electron chi connectivity index (χ4n) is 3.70. The standard InChI is InChI=1S/C21H22N2O3S2/c1-15-6-5-9-17(12-15)23-18-13-28(25,26)14-19(18)27-21(23)22-20(24)11-10-16-7-3-2-4-8-16/h2-9,12,18-19H,10-11,13-14H2,1H3/t18-,19+/m0/s1. The van der Waals surface area contributed by atoms with Crippen LogP contribution in [-0.2, 0) is 21.1 Å². The molecular formula is C21H22N2O3S2. The highest BCUT2D eigenvalue weighted by Crippen LogP contribution is 2.41. The zero-order chi connectivity index (χ0) is 19.7. The van der Waals surface area contributed by atoms with Crippen molar-refractivity contribution in [1.82, 2.24) is 0 Å².